The van der Waals surface area contributed by atoms with E-state index in [0.717, 1.165) is 0 Å². The molecule has 0 saturated carbocycles. The second-order valence-corrected chi connectivity index (χ2v) is 11.7. The summed E-state index contributed by atoms with van der Waals surface area (Å²) in [6, 6.07) is 0. The van der Waals surface area contributed by atoms with Crippen molar-refractivity contribution < 1.29 is 87.4 Å². The molecule has 5 N–H and O–H groups in total. The number of aldehydes is 1. The van der Waals surface area contributed by atoms with Crippen LogP contribution in [-0.4, -0.2) is 164 Å². The molecule has 296 valence electrons. The van der Waals surface area contributed by atoms with Crippen LogP contribution in [0.2, 0.25) is 0 Å². The Morgan fingerprint density at radius 3 is 1.08 bits per heavy atom. The Hall–Kier alpha value is -3.85. The molecular formula is C34H52O18. The second-order valence-electron chi connectivity index (χ2n) is 11.7. The van der Waals surface area contributed by atoms with Crippen LogP contribution >= 0.6 is 0 Å². The lowest BCUT2D eigenvalue weighted by Gasteiger charge is -2.36. The van der Waals surface area contributed by atoms with Crippen LogP contribution in [0.15, 0.2) is 48.6 Å². The summed E-state index contributed by atoms with van der Waals surface area (Å²) in [5.74, 6) is -3.20. The molecule has 0 fully saturated rings. The third kappa shape index (κ3) is 20.3. The minimum atomic E-state index is -1.70. The minimum Gasteiger partial charge on any atom is -0.460 e. The molecular weight excluding hydrogens is 696 g/mol. The smallest absolute Gasteiger partial charge is 0.333 e. The molecule has 0 spiro atoms. The predicted molar refractivity (Wildman–Crippen MR) is 179 cm³/mol. The van der Waals surface area contributed by atoms with E-state index in [0.29, 0.717) is 0 Å². The summed E-state index contributed by atoms with van der Waals surface area (Å²) < 4.78 is 42.4. The maximum absolute atomic E-state index is 12.4. The van der Waals surface area contributed by atoms with Gasteiger partial charge in [0.25, 0.3) is 0 Å². The number of carbonyl (C=O) groups is 5. The molecule has 4 unspecified atom stereocenters. The predicted octanol–water partition coefficient (Wildman–Crippen LogP) is -1.36. The maximum atomic E-state index is 12.4. The van der Waals surface area contributed by atoms with E-state index in [2.05, 4.69) is 26.3 Å². The number of esters is 4. The lowest BCUT2D eigenvalue weighted by atomic mass is 10.0. The Kier molecular flexibility index (Phi) is 24.1. The first-order chi connectivity index (χ1) is 24.3. The Balaban J connectivity index is 6.38. The third-order valence-corrected chi connectivity index (χ3v) is 6.30. The van der Waals surface area contributed by atoms with E-state index in [1.807, 2.05) is 0 Å². The zero-order chi connectivity index (χ0) is 40.0. The summed E-state index contributed by atoms with van der Waals surface area (Å²) in [7, 11) is 0. The quantitative estimate of drug-likeness (QED) is 0.0256. The van der Waals surface area contributed by atoms with Crippen molar-refractivity contribution in [3.8, 4) is 0 Å². The van der Waals surface area contributed by atoms with Gasteiger partial charge in [-0.15, -0.1) is 0 Å². The van der Waals surface area contributed by atoms with Crippen molar-refractivity contribution in [1.82, 2.24) is 0 Å². The molecule has 18 heteroatoms. The fourth-order valence-electron chi connectivity index (χ4n) is 3.53. The molecule has 0 bridgehead atoms. The van der Waals surface area contributed by atoms with Gasteiger partial charge in [0.05, 0.1) is 33.0 Å². The van der Waals surface area contributed by atoms with Gasteiger partial charge < -0.3 is 68.2 Å². The molecule has 0 aliphatic heterocycles. The first-order valence-corrected chi connectivity index (χ1v) is 15.9. The Morgan fingerprint density at radius 1 is 0.500 bits per heavy atom. The Morgan fingerprint density at radius 2 is 0.788 bits per heavy atom. The Bertz CT molecular complexity index is 1210. The summed E-state index contributed by atoms with van der Waals surface area (Å²) in [6.45, 7) is 13.6. The topological polar surface area (TPSA) is 260 Å². The van der Waals surface area contributed by atoms with Crippen molar-refractivity contribution in [1.29, 1.82) is 0 Å². The summed E-state index contributed by atoms with van der Waals surface area (Å²) in [5.41, 5.74) is 0.229. The van der Waals surface area contributed by atoms with Gasteiger partial charge in [-0.2, -0.15) is 0 Å². The van der Waals surface area contributed by atoms with Crippen molar-refractivity contribution in [2.75, 3.05) is 59.5 Å². The molecule has 0 rings (SSSR count). The van der Waals surface area contributed by atoms with Gasteiger partial charge >= 0.3 is 23.9 Å². The third-order valence-electron chi connectivity index (χ3n) is 6.30. The van der Waals surface area contributed by atoms with Crippen LogP contribution in [0.25, 0.3) is 0 Å². The monoisotopic (exact) mass is 748 g/mol. The molecule has 18 nitrogen and oxygen atoms in total. The average Bonchev–Trinajstić information content (AvgIpc) is 3.09. The molecule has 0 aromatic carbocycles. The summed E-state index contributed by atoms with van der Waals surface area (Å²) in [6.07, 6.45) is -12.1. The molecule has 0 aromatic heterocycles. The average molecular weight is 749 g/mol. The van der Waals surface area contributed by atoms with Gasteiger partial charge in [-0.1, -0.05) is 26.3 Å². The highest BCUT2D eigenvalue weighted by molar-refractivity contribution is 5.88. The summed E-state index contributed by atoms with van der Waals surface area (Å²) in [4.78, 5) is 59.5. The normalized spacial score (nSPS) is 15.7. The van der Waals surface area contributed by atoms with Gasteiger partial charge in [-0.3, -0.25) is 0 Å². The van der Waals surface area contributed by atoms with E-state index in [-0.39, 0.29) is 28.6 Å². The van der Waals surface area contributed by atoms with Gasteiger partial charge in [0.2, 0.25) is 0 Å². The van der Waals surface area contributed by atoms with E-state index in [9.17, 15) is 49.5 Å². The number of rotatable bonds is 29. The van der Waals surface area contributed by atoms with Crippen LogP contribution in [0.4, 0.5) is 0 Å². The largest absolute Gasteiger partial charge is 0.460 e. The highest BCUT2D eigenvalue weighted by atomic mass is 16.6. The fourth-order valence-corrected chi connectivity index (χ4v) is 3.53. The van der Waals surface area contributed by atoms with Crippen LogP contribution in [0, 0.1) is 0 Å². The van der Waals surface area contributed by atoms with Gasteiger partial charge in [-0.25, -0.2) is 19.2 Å². The summed E-state index contributed by atoms with van der Waals surface area (Å²) >= 11 is 0. The highest BCUT2D eigenvalue weighted by Crippen LogP contribution is 2.20. The maximum Gasteiger partial charge on any atom is 0.333 e. The zero-order valence-electron chi connectivity index (χ0n) is 29.9. The van der Waals surface area contributed by atoms with Crippen LogP contribution in [0.5, 0.6) is 0 Å². The van der Waals surface area contributed by atoms with E-state index >= 15 is 0 Å². The number of carbonyl (C=O) groups excluding carboxylic acids is 5. The molecule has 0 aromatic rings. The van der Waals surface area contributed by atoms with E-state index in [4.69, 9.17) is 37.9 Å². The van der Waals surface area contributed by atoms with Crippen LogP contribution in [0.1, 0.15) is 27.7 Å². The summed E-state index contributed by atoms with van der Waals surface area (Å²) in [5, 5.41) is 52.0. The lowest BCUT2D eigenvalue weighted by molar-refractivity contribution is -0.205. The SMILES string of the molecule is C=C(C)C(=O)OCC(O)CO[C@H]([C@H](OCC(O)COC(=O)C(=C)C)[C@H](C=O)OCC(O)COC(=O)C(=C)C)[C@@H](CO)OCC(O)COC(=O)C(=C)C. The van der Waals surface area contributed by atoms with Crippen molar-refractivity contribution in [3.63, 3.8) is 0 Å². The zero-order valence-corrected chi connectivity index (χ0v) is 29.9. The number of hydrogen-bond donors (Lipinski definition) is 5. The van der Waals surface area contributed by atoms with Crippen molar-refractivity contribution >= 4 is 30.2 Å². The molecule has 0 amide bonds. The first-order valence-electron chi connectivity index (χ1n) is 15.9. The van der Waals surface area contributed by atoms with Gasteiger partial charge in [0.15, 0.2) is 6.29 Å². The molecule has 0 radical (unpaired) electrons. The molecule has 0 aliphatic carbocycles. The number of ether oxygens (including phenoxy) is 8. The molecule has 0 saturated heterocycles. The standard InChI is InChI=1S/C34H52O18/c1-19(2)31(41)49-15-23(37)11-45-27(9-35)29(47-13-25(39)17-51-33(43)21(5)6)30(48-14-26(40)18-52-34(44)22(7)8)28(10-36)46-12-24(38)16-50-32(42)20(3)4/h9,23-30,36-40H,1,3,5,7,10-18H2,2,4,6,8H3/t23?,24?,25?,26?,27-,28+,29+,30-/m0/s1. The molecule has 0 aliphatic rings. The molecule has 0 heterocycles. The van der Waals surface area contributed by atoms with E-state index in [1.54, 1.807) is 0 Å². The second kappa shape index (κ2) is 26.0. The van der Waals surface area contributed by atoms with Gasteiger partial charge in [-0.05, 0) is 27.7 Å². The van der Waals surface area contributed by atoms with Crippen LogP contribution < -0.4 is 0 Å². The van der Waals surface area contributed by atoms with Crippen molar-refractivity contribution in [3.05, 3.63) is 48.6 Å². The van der Waals surface area contributed by atoms with Crippen molar-refractivity contribution in [2.24, 2.45) is 0 Å². The Labute approximate surface area is 302 Å². The molecule has 52 heavy (non-hydrogen) atoms. The van der Waals surface area contributed by atoms with Crippen LogP contribution in [-0.2, 0) is 61.9 Å². The number of aliphatic hydroxyl groups excluding tert-OH is 5. The van der Waals surface area contributed by atoms with E-state index in [1.165, 1.54) is 27.7 Å². The van der Waals surface area contributed by atoms with Gasteiger partial charge in [0.1, 0.15) is 75.3 Å². The fraction of sp³-hybridized carbons (Fsp3) is 0.618. The first kappa shape index (κ1) is 48.1. The molecule has 8 atom stereocenters. The van der Waals surface area contributed by atoms with Gasteiger partial charge in [0, 0.05) is 22.3 Å². The highest BCUT2D eigenvalue weighted by Gasteiger charge is 2.39. The number of hydrogen-bond acceptors (Lipinski definition) is 18. The van der Waals surface area contributed by atoms with E-state index < -0.39 is 132 Å². The minimum absolute atomic E-state index is 0.0494. The van der Waals surface area contributed by atoms with Crippen molar-refractivity contribution in [2.45, 2.75) is 76.5 Å². The lowest BCUT2D eigenvalue weighted by Crippen LogP contribution is -2.53. The van der Waals surface area contributed by atoms with Crippen LogP contribution in [0.3, 0.4) is 0 Å². The number of aliphatic hydroxyl groups is 5.